The van der Waals surface area contributed by atoms with Gasteiger partial charge in [-0.1, -0.05) is 159 Å². The van der Waals surface area contributed by atoms with Crippen LogP contribution in [0, 0.1) is 19.9 Å². The fraction of sp³-hybridized carbons (Fsp3) is 0.111. The number of pyridine rings is 1. The van der Waals surface area contributed by atoms with Gasteiger partial charge in [0.05, 0.1) is 22.3 Å². The van der Waals surface area contributed by atoms with Crippen LogP contribution in [0.25, 0.3) is 83.9 Å². The number of phenols is 1. The first kappa shape index (κ1) is 39.5. The predicted octanol–water partition coefficient (Wildman–Crippen LogP) is 13.8. The molecule has 59 heavy (non-hydrogen) atoms. The van der Waals surface area contributed by atoms with Gasteiger partial charge in [-0.2, -0.15) is 0 Å². The van der Waals surface area contributed by atoms with Crippen molar-refractivity contribution < 1.29 is 26.2 Å². The third-order valence-corrected chi connectivity index (χ3v) is 11.0. The number of rotatable bonds is 7. The molecule has 9 aromatic rings. The molecule has 0 atom stereocenters. The van der Waals surface area contributed by atoms with Crippen LogP contribution in [0.15, 0.2) is 170 Å². The number of aromatic hydroxyl groups is 1. The van der Waals surface area contributed by atoms with Crippen LogP contribution in [0.2, 0.25) is 0 Å². The van der Waals surface area contributed by atoms with Gasteiger partial charge in [-0.15, -0.1) is 23.8 Å². The number of fused-ring (bicyclic) bond motifs is 1. The summed E-state index contributed by atoms with van der Waals surface area (Å²) in [6.45, 7) is 10.8. The Balaban J connectivity index is 0.00000484. The van der Waals surface area contributed by atoms with Gasteiger partial charge in [-0.25, -0.2) is 4.98 Å². The average molecular weight is 946 g/mol. The first-order valence-electron chi connectivity index (χ1n) is 19.8. The molecule has 2 heterocycles. The molecular weight excluding hydrogens is 902 g/mol. The van der Waals surface area contributed by atoms with Crippen LogP contribution < -0.4 is 0 Å². The number of aromatic nitrogens is 3. The van der Waals surface area contributed by atoms with E-state index in [-0.39, 0.29) is 32.2 Å². The van der Waals surface area contributed by atoms with Crippen molar-refractivity contribution in [3.63, 3.8) is 0 Å². The van der Waals surface area contributed by atoms with Crippen molar-refractivity contribution in [1.29, 1.82) is 0 Å². The third-order valence-electron chi connectivity index (χ3n) is 11.0. The minimum atomic E-state index is -0.0617. The monoisotopic (exact) mass is 945 g/mol. The summed E-state index contributed by atoms with van der Waals surface area (Å²) >= 11 is 0. The molecule has 4 nitrogen and oxygen atoms in total. The van der Waals surface area contributed by atoms with Crippen LogP contribution in [0.5, 0.6) is 5.75 Å². The molecule has 0 spiro atoms. The van der Waals surface area contributed by atoms with E-state index in [1.165, 1.54) is 5.56 Å². The van der Waals surface area contributed by atoms with Crippen molar-refractivity contribution in [2.75, 3.05) is 0 Å². The molecule has 9 rings (SSSR count). The molecule has 7 aromatic carbocycles. The zero-order valence-electron chi connectivity index (χ0n) is 33.8. The van der Waals surface area contributed by atoms with Crippen molar-refractivity contribution in [1.82, 2.24) is 14.5 Å². The van der Waals surface area contributed by atoms with E-state index in [9.17, 15) is 5.11 Å². The topological polar surface area (TPSA) is 50.9 Å². The summed E-state index contributed by atoms with van der Waals surface area (Å²) in [6.07, 6.45) is 1.88. The summed E-state index contributed by atoms with van der Waals surface area (Å²) in [5, 5.41) is 11.8. The van der Waals surface area contributed by atoms with Crippen molar-refractivity contribution in [3.8, 4) is 78.6 Å². The first-order valence-corrected chi connectivity index (χ1v) is 19.8. The Hall–Kier alpha value is -6.35. The van der Waals surface area contributed by atoms with Crippen LogP contribution in [-0.2, 0) is 26.5 Å². The minimum absolute atomic E-state index is 0. The van der Waals surface area contributed by atoms with E-state index >= 15 is 0 Å². The van der Waals surface area contributed by atoms with E-state index in [0.717, 1.165) is 83.6 Å². The van der Waals surface area contributed by atoms with E-state index in [4.69, 9.17) is 9.97 Å². The van der Waals surface area contributed by atoms with Gasteiger partial charge >= 0.3 is 0 Å². The molecule has 2 aromatic heterocycles. The van der Waals surface area contributed by atoms with E-state index in [1.54, 1.807) is 0 Å². The SMILES string of the molecule is Cc1cc(C)c(O)c(-c2nc3c(-c4[c-]c(-c5cc(-c6ccccc6)ccn5)cc(-c5ccccc5)c4)cccc3n2-c2ccc(C(C)(C)C)cc2-c2ccccc2)c1.[Pt]. The van der Waals surface area contributed by atoms with Gasteiger partial charge in [0.15, 0.2) is 0 Å². The molecule has 5 heteroatoms. The molecule has 292 valence electrons. The van der Waals surface area contributed by atoms with Gasteiger partial charge in [0.25, 0.3) is 0 Å². The molecular formula is C54H44N3OPt-. The van der Waals surface area contributed by atoms with Gasteiger partial charge in [-0.3, -0.25) is 9.55 Å². The zero-order valence-corrected chi connectivity index (χ0v) is 36.0. The first-order chi connectivity index (χ1) is 28.1. The third kappa shape index (κ3) is 7.69. The second-order valence-corrected chi connectivity index (χ2v) is 16.1. The smallest absolute Gasteiger partial charge is 0.148 e. The normalized spacial score (nSPS) is 11.4. The standard InChI is InChI=1S/C54H44N3O.Pt/c1-35-28-36(2)52(58)47(29-35)53-56-51-45(22-15-23-50(51)57(53)49-25-24-44(54(3,4)5)34-46(49)39-20-13-8-14-21-39)42-30-41(38-18-11-7-12-19-38)31-43(32-42)48-33-40(26-27-55-48)37-16-9-6-10-17-37;/h6-31,33-34,58H,1-5H3;/q-1;. The predicted molar refractivity (Wildman–Crippen MR) is 240 cm³/mol. The molecule has 0 aliphatic carbocycles. The number of phenolic OH excluding ortho intramolecular Hbond substituents is 1. The Morgan fingerprint density at radius 1 is 0.559 bits per heavy atom. The van der Waals surface area contributed by atoms with Crippen molar-refractivity contribution >= 4 is 11.0 Å². The number of nitrogens with zero attached hydrogens (tertiary/aromatic N) is 3. The molecule has 0 bridgehead atoms. The maximum Gasteiger partial charge on any atom is 0.148 e. The number of benzene rings is 7. The number of imidazole rings is 1. The van der Waals surface area contributed by atoms with Crippen LogP contribution in [-0.4, -0.2) is 19.6 Å². The Labute approximate surface area is 361 Å². The van der Waals surface area contributed by atoms with E-state index in [1.807, 2.05) is 37.4 Å². The van der Waals surface area contributed by atoms with Gasteiger partial charge in [0.2, 0.25) is 0 Å². The second-order valence-electron chi connectivity index (χ2n) is 16.1. The quantitative estimate of drug-likeness (QED) is 0.162. The van der Waals surface area contributed by atoms with Crippen LogP contribution in [0.1, 0.15) is 37.5 Å². The second kappa shape index (κ2) is 16.1. The Morgan fingerprint density at radius 2 is 1.20 bits per heavy atom. The van der Waals surface area contributed by atoms with Crippen LogP contribution >= 0.6 is 0 Å². The molecule has 1 N–H and O–H groups in total. The largest absolute Gasteiger partial charge is 0.507 e. The maximum atomic E-state index is 11.8. The van der Waals surface area contributed by atoms with Crippen LogP contribution in [0.4, 0.5) is 0 Å². The molecule has 0 saturated heterocycles. The molecule has 0 aliphatic heterocycles. The Morgan fingerprint density at radius 3 is 1.88 bits per heavy atom. The molecule has 0 radical (unpaired) electrons. The van der Waals surface area contributed by atoms with Crippen LogP contribution in [0.3, 0.4) is 0 Å². The summed E-state index contributed by atoms with van der Waals surface area (Å²) in [5.41, 5.74) is 16.6. The summed E-state index contributed by atoms with van der Waals surface area (Å²) in [7, 11) is 0. The van der Waals surface area contributed by atoms with E-state index in [2.05, 4.69) is 178 Å². The summed E-state index contributed by atoms with van der Waals surface area (Å²) in [4.78, 5) is 10.4. The average Bonchev–Trinajstić information content (AvgIpc) is 3.65. The molecule has 0 amide bonds. The van der Waals surface area contributed by atoms with Gasteiger partial charge in [0.1, 0.15) is 11.6 Å². The minimum Gasteiger partial charge on any atom is -0.507 e. The maximum absolute atomic E-state index is 11.8. The fourth-order valence-electron chi connectivity index (χ4n) is 7.96. The number of hydrogen-bond acceptors (Lipinski definition) is 3. The van der Waals surface area contributed by atoms with Crippen molar-refractivity contribution in [2.45, 2.75) is 40.0 Å². The Kier molecular flexibility index (Phi) is 10.8. The molecule has 0 unspecified atom stereocenters. The zero-order chi connectivity index (χ0) is 40.0. The Bertz CT molecular complexity index is 2950. The summed E-state index contributed by atoms with van der Waals surface area (Å²) in [5.74, 6) is 0.893. The fourth-order valence-corrected chi connectivity index (χ4v) is 7.96. The van der Waals surface area contributed by atoms with Gasteiger partial charge in [-0.05, 0) is 88.5 Å². The van der Waals surface area contributed by atoms with Crippen molar-refractivity contribution in [2.24, 2.45) is 0 Å². The van der Waals surface area contributed by atoms with Crippen molar-refractivity contribution in [3.05, 3.63) is 193 Å². The number of para-hydroxylation sites is 1. The number of hydrogen-bond donors (Lipinski definition) is 1. The van der Waals surface area contributed by atoms with E-state index in [0.29, 0.717) is 11.4 Å². The van der Waals surface area contributed by atoms with E-state index < -0.39 is 0 Å². The number of aryl methyl sites for hydroxylation is 2. The summed E-state index contributed by atoms with van der Waals surface area (Å²) < 4.78 is 2.23. The van der Waals surface area contributed by atoms with Gasteiger partial charge < -0.3 is 5.11 Å². The molecule has 0 fully saturated rings. The summed E-state index contributed by atoms with van der Waals surface area (Å²) in [6, 6.07) is 60.9. The van der Waals surface area contributed by atoms with Gasteiger partial charge in [0, 0.05) is 38.5 Å². The molecule has 0 aliphatic rings. The molecule has 0 saturated carbocycles.